The molecule has 1 aliphatic heterocycles. The van der Waals surface area contributed by atoms with Crippen molar-refractivity contribution in [1.82, 2.24) is 0 Å². The topological polar surface area (TPSA) is 49.7 Å². The van der Waals surface area contributed by atoms with Crippen LogP contribution in [-0.2, 0) is 28.9 Å². The molecule has 1 amide bonds. The highest BCUT2D eigenvalue weighted by atomic mass is 16.2. The summed E-state index contributed by atoms with van der Waals surface area (Å²) >= 11 is 0. The highest BCUT2D eigenvalue weighted by Crippen LogP contribution is 2.26. The summed E-state index contributed by atoms with van der Waals surface area (Å²) in [7, 11) is 0. The van der Waals surface area contributed by atoms with Gasteiger partial charge in [0.1, 0.15) is 5.92 Å². The molecule has 0 spiro atoms. The third kappa shape index (κ3) is 2.88. The van der Waals surface area contributed by atoms with Gasteiger partial charge in [0.25, 0.3) is 5.91 Å². The first-order valence-electron chi connectivity index (χ1n) is 8.71. The maximum Gasteiger partial charge on any atom is 0.263 e. The summed E-state index contributed by atoms with van der Waals surface area (Å²) in [5, 5.41) is 5.67. The predicted octanol–water partition coefficient (Wildman–Crippen LogP) is 3.33. The van der Waals surface area contributed by atoms with Crippen molar-refractivity contribution in [3.8, 4) is 0 Å². The van der Waals surface area contributed by atoms with Crippen LogP contribution in [0.1, 0.15) is 30.0 Å². The molecule has 0 fully saturated rings. The average Bonchev–Trinajstić information content (AvgIpc) is 3.19. The lowest BCUT2D eigenvalue weighted by Crippen LogP contribution is -2.33. The number of hydrogen-bond donors (Lipinski definition) is 0. The number of benzene rings is 2. The van der Waals surface area contributed by atoms with Crippen molar-refractivity contribution in [3.05, 3.63) is 65.2 Å². The fourth-order valence-electron chi connectivity index (χ4n) is 3.73. The van der Waals surface area contributed by atoms with Crippen molar-refractivity contribution in [2.24, 2.45) is 11.0 Å². The first-order valence-corrected chi connectivity index (χ1v) is 8.71. The van der Waals surface area contributed by atoms with Crippen LogP contribution in [0.15, 0.2) is 53.6 Å². The minimum absolute atomic E-state index is 0.0809. The number of fused-ring (bicyclic) bond motifs is 1. The van der Waals surface area contributed by atoms with Crippen LogP contribution < -0.4 is 5.01 Å². The van der Waals surface area contributed by atoms with Gasteiger partial charge in [0.05, 0.1) is 11.4 Å². The molecule has 0 radical (unpaired) electrons. The van der Waals surface area contributed by atoms with Crippen LogP contribution in [0.2, 0.25) is 0 Å². The first kappa shape index (κ1) is 15.8. The molecule has 2 aromatic rings. The van der Waals surface area contributed by atoms with E-state index in [9.17, 15) is 9.59 Å². The molecule has 0 saturated carbocycles. The summed E-state index contributed by atoms with van der Waals surface area (Å²) in [5.41, 5.74) is 4.99. The smallest absolute Gasteiger partial charge is 0.263 e. The first-order chi connectivity index (χ1) is 12.1. The van der Waals surface area contributed by atoms with Gasteiger partial charge in [-0.3, -0.25) is 9.59 Å². The second-order valence-corrected chi connectivity index (χ2v) is 6.76. The fraction of sp³-hybridized carbons (Fsp3) is 0.286. The molecule has 2 aromatic carbocycles. The van der Waals surface area contributed by atoms with E-state index in [-0.39, 0.29) is 18.1 Å². The van der Waals surface area contributed by atoms with Crippen LogP contribution in [0.5, 0.6) is 0 Å². The molecule has 25 heavy (non-hydrogen) atoms. The highest BCUT2D eigenvalue weighted by Gasteiger charge is 2.39. The van der Waals surface area contributed by atoms with Crippen molar-refractivity contribution in [2.75, 3.05) is 5.01 Å². The van der Waals surface area contributed by atoms with Crippen molar-refractivity contribution in [3.63, 3.8) is 0 Å². The number of carbonyl (C=O) groups is 2. The van der Waals surface area contributed by atoms with Gasteiger partial charge in [-0.05, 0) is 55.0 Å². The Balaban J connectivity index is 1.53. The number of hydrogen-bond acceptors (Lipinski definition) is 3. The lowest BCUT2D eigenvalue weighted by molar-refractivity contribution is -0.128. The number of para-hydroxylation sites is 1. The van der Waals surface area contributed by atoms with Gasteiger partial charge in [-0.25, -0.2) is 0 Å². The standard InChI is InChI=1S/C21H20N2O2/c1-14-20(21(25)23(22-14)18-8-3-2-4-9-18)19(24)13-15-10-11-16-6-5-7-17(16)12-15/h2-4,8-12,20H,5-7,13H2,1H3. The third-order valence-corrected chi connectivity index (χ3v) is 5.00. The zero-order valence-electron chi connectivity index (χ0n) is 14.2. The quantitative estimate of drug-likeness (QED) is 0.807. The third-order valence-electron chi connectivity index (χ3n) is 5.00. The van der Waals surface area contributed by atoms with Crippen LogP contribution in [0.3, 0.4) is 0 Å². The second kappa shape index (κ2) is 6.28. The Hall–Kier alpha value is -2.75. The molecule has 4 heteroatoms. The number of anilines is 1. The van der Waals surface area contributed by atoms with Gasteiger partial charge >= 0.3 is 0 Å². The van der Waals surface area contributed by atoms with Crippen LogP contribution in [0.4, 0.5) is 5.69 Å². The summed E-state index contributed by atoms with van der Waals surface area (Å²) < 4.78 is 0. The normalized spacial score (nSPS) is 19.1. The van der Waals surface area contributed by atoms with E-state index in [1.807, 2.05) is 36.4 Å². The minimum Gasteiger partial charge on any atom is -0.298 e. The van der Waals surface area contributed by atoms with E-state index in [1.54, 1.807) is 6.92 Å². The maximum atomic E-state index is 12.8. The number of carbonyl (C=O) groups excluding carboxylic acids is 2. The molecule has 126 valence electrons. The number of ketones is 1. The van der Waals surface area contributed by atoms with Crippen molar-refractivity contribution >= 4 is 23.1 Å². The molecule has 4 rings (SSSR count). The lowest BCUT2D eigenvalue weighted by atomic mass is 9.93. The second-order valence-electron chi connectivity index (χ2n) is 6.76. The fourth-order valence-corrected chi connectivity index (χ4v) is 3.73. The van der Waals surface area contributed by atoms with Crippen molar-refractivity contribution in [1.29, 1.82) is 0 Å². The molecule has 1 aliphatic carbocycles. The van der Waals surface area contributed by atoms with Crippen LogP contribution in [-0.4, -0.2) is 17.4 Å². The lowest BCUT2D eigenvalue weighted by Gasteiger charge is -2.14. The Labute approximate surface area is 147 Å². The number of rotatable bonds is 4. The Morgan fingerprint density at radius 3 is 2.68 bits per heavy atom. The van der Waals surface area contributed by atoms with E-state index in [4.69, 9.17) is 0 Å². The molecule has 1 unspecified atom stereocenters. The predicted molar refractivity (Wildman–Crippen MR) is 97.7 cm³/mol. The number of nitrogens with zero attached hydrogens (tertiary/aromatic N) is 2. The number of aryl methyl sites for hydroxylation is 2. The van der Waals surface area contributed by atoms with Crippen molar-refractivity contribution < 1.29 is 9.59 Å². The summed E-state index contributed by atoms with van der Waals surface area (Å²) in [6.45, 7) is 1.76. The molecule has 0 saturated heterocycles. The molecular weight excluding hydrogens is 312 g/mol. The summed E-state index contributed by atoms with van der Waals surface area (Å²) in [6.07, 6.45) is 3.68. The molecule has 4 nitrogen and oxygen atoms in total. The molecule has 2 aliphatic rings. The van der Waals surface area contributed by atoms with Gasteiger partial charge in [-0.15, -0.1) is 0 Å². The Morgan fingerprint density at radius 2 is 1.88 bits per heavy atom. The average molecular weight is 332 g/mol. The van der Waals surface area contributed by atoms with E-state index < -0.39 is 5.92 Å². The number of hydrazone groups is 1. The molecule has 0 N–H and O–H groups in total. The SMILES string of the molecule is CC1=NN(c2ccccc2)C(=O)C1C(=O)Cc1ccc2c(c1)CCC2. The van der Waals surface area contributed by atoms with E-state index in [1.165, 1.54) is 22.6 Å². The van der Waals surface area contributed by atoms with Gasteiger partial charge in [0.15, 0.2) is 5.78 Å². The monoisotopic (exact) mass is 332 g/mol. The molecule has 0 aromatic heterocycles. The van der Waals surface area contributed by atoms with Gasteiger partial charge in [-0.1, -0.05) is 36.4 Å². The largest absolute Gasteiger partial charge is 0.298 e. The Kier molecular flexibility index (Phi) is 3.96. The Bertz CT molecular complexity index is 871. The van der Waals surface area contributed by atoms with E-state index in [0.29, 0.717) is 11.4 Å². The van der Waals surface area contributed by atoms with Crippen molar-refractivity contribution in [2.45, 2.75) is 32.6 Å². The van der Waals surface area contributed by atoms with Crippen LogP contribution >= 0.6 is 0 Å². The van der Waals surface area contributed by atoms with Gasteiger partial charge in [-0.2, -0.15) is 10.1 Å². The highest BCUT2D eigenvalue weighted by molar-refractivity contribution is 6.27. The van der Waals surface area contributed by atoms with E-state index in [2.05, 4.69) is 17.2 Å². The van der Waals surface area contributed by atoms with Crippen LogP contribution in [0.25, 0.3) is 0 Å². The zero-order chi connectivity index (χ0) is 17.4. The summed E-state index contributed by atoms with van der Waals surface area (Å²) in [4.78, 5) is 25.5. The van der Waals surface area contributed by atoms with Gasteiger partial charge in [0.2, 0.25) is 0 Å². The van der Waals surface area contributed by atoms with Gasteiger partial charge < -0.3 is 0 Å². The van der Waals surface area contributed by atoms with Crippen LogP contribution in [0, 0.1) is 5.92 Å². The van der Waals surface area contributed by atoms with E-state index in [0.717, 1.165) is 18.4 Å². The van der Waals surface area contributed by atoms with Gasteiger partial charge in [0, 0.05) is 6.42 Å². The molecule has 1 heterocycles. The zero-order valence-corrected chi connectivity index (χ0v) is 14.2. The molecular formula is C21H20N2O2. The van der Waals surface area contributed by atoms with E-state index >= 15 is 0 Å². The Morgan fingerprint density at radius 1 is 1.12 bits per heavy atom. The molecule has 0 bridgehead atoms. The summed E-state index contributed by atoms with van der Waals surface area (Å²) in [6, 6.07) is 15.5. The minimum atomic E-state index is -0.770. The number of Topliss-reactive ketones (excluding diaryl/α,β-unsaturated/α-hetero) is 1. The summed E-state index contributed by atoms with van der Waals surface area (Å²) in [5.74, 6) is -1.11. The number of amides is 1. The molecule has 1 atom stereocenters. The maximum absolute atomic E-state index is 12.8.